The highest BCUT2D eigenvalue weighted by molar-refractivity contribution is 5.83. The number of hydrogen-bond acceptors (Lipinski definition) is 4. The highest BCUT2D eigenvalue weighted by atomic mass is 15.2. The average molecular weight is 269 g/mol. The van der Waals surface area contributed by atoms with Gasteiger partial charge in [-0.15, -0.1) is 0 Å². The fourth-order valence-corrected chi connectivity index (χ4v) is 3.05. The minimum absolute atomic E-state index is 0.512. The van der Waals surface area contributed by atoms with E-state index < -0.39 is 0 Å². The van der Waals surface area contributed by atoms with Crippen molar-refractivity contribution in [2.45, 2.75) is 19.9 Å². The summed E-state index contributed by atoms with van der Waals surface area (Å²) in [6, 6.07) is 7.85. The maximum absolute atomic E-state index is 9.14. The van der Waals surface area contributed by atoms with Crippen LogP contribution in [0.25, 0.3) is 11.0 Å². The van der Waals surface area contributed by atoms with Gasteiger partial charge in [0.15, 0.2) is 0 Å². The van der Waals surface area contributed by atoms with Gasteiger partial charge in [0.25, 0.3) is 0 Å². The number of imidazole rings is 1. The third-order valence-electron chi connectivity index (χ3n) is 4.19. The number of nitrogens with two attached hydrogens (primary N) is 1. The van der Waals surface area contributed by atoms with Crippen LogP contribution in [0, 0.1) is 17.2 Å². The lowest BCUT2D eigenvalue weighted by Crippen LogP contribution is -2.21. The van der Waals surface area contributed by atoms with Crippen LogP contribution in [-0.4, -0.2) is 34.1 Å². The minimum Gasteiger partial charge on any atom is -0.369 e. The molecule has 1 fully saturated rings. The fourth-order valence-electron chi connectivity index (χ4n) is 3.05. The standard InChI is InChI=1S/C15H19N5/c1-2-19-7-6-11(9-19)10-20-13-5-3-4-12(8-16)14(13)18-15(20)17/h3-5,11H,2,6-7,9-10H2,1H3,(H2,17,18). The smallest absolute Gasteiger partial charge is 0.201 e. The molecule has 0 spiro atoms. The number of para-hydroxylation sites is 1. The highest BCUT2D eigenvalue weighted by Gasteiger charge is 2.23. The van der Waals surface area contributed by atoms with E-state index in [0.29, 0.717) is 17.4 Å². The van der Waals surface area contributed by atoms with Crippen LogP contribution in [0.3, 0.4) is 0 Å². The van der Waals surface area contributed by atoms with Crippen LogP contribution in [-0.2, 0) is 6.54 Å². The molecule has 1 aromatic heterocycles. The first-order chi connectivity index (χ1) is 9.72. The van der Waals surface area contributed by atoms with E-state index in [1.165, 1.54) is 6.42 Å². The molecule has 2 heterocycles. The molecule has 1 unspecified atom stereocenters. The van der Waals surface area contributed by atoms with Crippen molar-refractivity contribution in [1.29, 1.82) is 5.26 Å². The summed E-state index contributed by atoms with van der Waals surface area (Å²) in [6.45, 7) is 6.47. The summed E-state index contributed by atoms with van der Waals surface area (Å²) in [7, 11) is 0. The molecule has 2 N–H and O–H groups in total. The largest absolute Gasteiger partial charge is 0.369 e. The molecule has 1 aliphatic heterocycles. The molecule has 1 atom stereocenters. The molecule has 1 aliphatic rings. The third-order valence-corrected chi connectivity index (χ3v) is 4.19. The van der Waals surface area contributed by atoms with Gasteiger partial charge in [0.05, 0.1) is 11.1 Å². The normalized spacial score (nSPS) is 19.5. The van der Waals surface area contributed by atoms with Crippen LogP contribution < -0.4 is 5.73 Å². The summed E-state index contributed by atoms with van der Waals surface area (Å²) in [6.07, 6.45) is 1.20. The summed E-state index contributed by atoms with van der Waals surface area (Å²) in [5.41, 5.74) is 8.33. The Balaban J connectivity index is 1.92. The molecule has 1 aromatic carbocycles. The number of anilines is 1. The van der Waals surface area contributed by atoms with Crippen molar-refractivity contribution in [1.82, 2.24) is 14.5 Å². The van der Waals surface area contributed by atoms with Gasteiger partial charge in [-0.1, -0.05) is 13.0 Å². The molecule has 20 heavy (non-hydrogen) atoms. The molecule has 0 amide bonds. The van der Waals surface area contributed by atoms with Crippen molar-refractivity contribution < 1.29 is 0 Å². The van der Waals surface area contributed by atoms with Crippen molar-refractivity contribution >= 4 is 17.0 Å². The van der Waals surface area contributed by atoms with Gasteiger partial charge in [0, 0.05) is 13.1 Å². The van der Waals surface area contributed by atoms with Gasteiger partial charge in [-0.25, -0.2) is 4.98 Å². The third kappa shape index (κ3) is 2.12. The lowest BCUT2D eigenvalue weighted by Gasteiger charge is -2.14. The van der Waals surface area contributed by atoms with Gasteiger partial charge >= 0.3 is 0 Å². The van der Waals surface area contributed by atoms with E-state index >= 15 is 0 Å². The number of aromatic nitrogens is 2. The van der Waals surface area contributed by atoms with E-state index in [0.717, 1.165) is 37.2 Å². The summed E-state index contributed by atoms with van der Waals surface area (Å²) in [5, 5.41) is 9.14. The van der Waals surface area contributed by atoms with Gasteiger partial charge in [-0.2, -0.15) is 5.26 Å². The number of nitrogens with zero attached hydrogens (tertiary/aromatic N) is 4. The lowest BCUT2D eigenvalue weighted by atomic mass is 10.1. The summed E-state index contributed by atoms with van der Waals surface area (Å²) in [5.74, 6) is 1.12. The minimum atomic E-state index is 0.512. The lowest BCUT2D eigenvalue weighted by molar-refractivity contribution is 0.334. The molecule has 0 aliphatic carbocycles. The number of nitrogen functional groups attached to an aromatic ring is 1. The number of nitriles is 1. The average Bonchev–Trinajstić information content (AvgIpc) is 3.04. The number of likely N-dealkylation sites (tertiary alicyclic amines) is 1. The monoisotopic (exact) mass is 269 g/mol. The van der Waals surface area contributed by atoms with Gasteiger partial charge in [-0.05, 0) is 37.6 Å². The Labute approximate surface area is 118 Å². The Hall–Kier alpha value is -2.06. The van der Waals surface area contributed by atoms with E-state index in [9.17, 15) is 0 Å². The molecule has 104 valence electrons. The summed E-state index contributed by atoms with van der Waals surface area (Å²) < 4.78 is 2.06. The van der Waals surface area contributed by atoms with Crippen LogP contribution in [0.1, 0.15) is 18.9 Å². The van der Waals surface area contributed by atoms with Crippen LogP contribution in [0.15, 0.2) is 18.2 Å². The van der Waals surface area contributed by atoms with E-state index in [1.54, 1.807) is 6.07 Å². The van der Waals surface area contributed by atoms with Gasteiger partial charge < -0.3 is 15.2 Å². The Morgan fingerprint density at radius 1 is 1.50 bits per heavy atom. The Morgan fingerprint density at radius 3 is 3.05 bits per heavy atom. The molecule has 0 saturated carbocycles. The van der Waals surface area contributed by atoms with Crippen LogP contribution in [0.4, 0.5) is 5.95 Å². The zero-order valence-electron chi connectivity index (χ0n) is 11.7. The first-order valence-electron chi connectivity index (χ1n) is 7.10. The molecule has 5 heteroatoms. The SMILES string of the molecule is CCN1CCC(Cn2c(N)nc3c(C#N)cccc32)C1. The second-order valence-corrected chi connectivity index (χ2v) is 5.41. The highest BCUT2D eigenvalue weighted by Crippen LogP contribution is 2.25. The number of benzene rings is 1. The first-order valence-corrected chi connectivity index (χ1v) is 7.10. The second-order valence-electron chi connectivity index (χ2n) is 5.41. The number of hydrogen-bond donors (Lipinski definition) is 1. The molecule has 2 aromatic rings. The van der Waals surface area contributed by atoms with Crippen molar-refractivity contribution in [3.8, 4) is 6.07 Å². The van der Waals surface area contributed by atoms with Crippen LogP contribution in [0.2, 0.25) is 0 Å². The quantitative estimate of drug-likeness (QED) is 0.922. The van der Waals surface area contributed by atoms with Crippen molar-refractivity contribution in [3.05, 3.63) is 23.8 Å². The first kappa shape index (κ1) is 12.9. The molecular weight excluding hydrogens is 250 g/mol. The molecule has 0 radical (unpaired) electrons. The predicted octanol–water partition coefficient (Wildman–Crippen LogP) is 1.83. The maximum atomic E-state index is 9.14. The van der Waals surface area contributed by atoms with Gasteiger partial charge in [0.2, 0.25) is 5.95 Å². The molecule has 1 saturated heterocycles. The summed E-state index contributed by atoms with van der Waals surface area (Å²) >= 11 is 0. The fraction of sp³-hybridized carbons (Fsp3) is 0.467. The van der Waals surface area contributed by atoms with E-state index in [-0.39, 0.29) is 0 Å². The Kier molecular flexibility index (Phi) is 3.33. The summed E-state index contributed by atoms with van der Waals surface area (Å²) in [4.78, 5) is 6.83. The predicted molar refractivity (Wildman–Crippen MR) is 79.1 cm³/mol. The Bertz CT molecular complexity index is 667. The second kappa shape index (κ2) is 5.14. The van der Waals surface area contributed by atoms with Crippen molar-refractivity contribution in [2.24, 2.45) is 5.92 Å². The van der Waals surface area contributed by atoms with Crippen molar-refractivity contribution in [2.75, 3.05) is 25.4 Å². The van der Waals surface area contributed by atoms with Crippen molar-refractivity contribution in [3.63, 3.8) is 0 Å². The van der Waals surface area contributed by atoms with E-state index in [4.69, 9.17) is 11.0 Å². The Morgan fingerprint density at radius 2 is 2.35 bits per heavy atom. The molecule has 5 nitrogen and oxygen atoms in total. The van der Waals surface area contributed by atoms with Crippen LogP contribution >= 0.6 is 0 Å². The number of rotatable bonds is 3. The molecule has 3 rings (SSSR count). The maximum Gasteiger partial charge on any atom is 0.201 e. The topological polar surface area (TPSA) is 70.9 Å². The van der Waals surface area contributed by atoms with E-state index in [2.05, 4.69) is 27.4 Å². The molecular formula is C15H19N5. The zero-order chi connectivity index (χ0) is 14.1. The van der Waals surface area contributed by atoms with Gasteiger partial charge in [-0.3, -0.25) is 0 Å². The zero-order valence-corrected chi connectivity index (χ0v) is 11.7. The van der Waals surface area contributed by atoms with E-state index in [1.807, 2.05) is 12.1 Å². The van der Waals surface area contributed by atoms with Crippen LogP contribution in [0.5, 0.6) is 0 Å². The molecule has 0 bridgehead atoms. The number of fused-ring (bicyclic) bond motifs is 1. The van der Waals surface area contributed by atoms with Gasteiger partial charge in [0.1, 0.15) is 11.6 Å².